The summed E-state index contributed by atoms with van der Waals surface area (Å²) in [5.41, 5.74) is 1.82. The summed E-state index contributed by atoms with van der Waals surface area (Å²) in [5.74, 6) is 0. The molecule has 2 aromatic rings. The van der Waals surface area contributed by atoms with Gasteiger partial charge in [0, 0.05) is 25.4 Å². The molecule has 0 aliphatic heterocycles. The van der Waals surface area contributed by atoms with Crippen LogP contribution in [0.2, 0.25) is 0 Å². The molecule has 5 nitrogen and oxygen atoms in total. The maximum absolute atomic E-state index is 10.3. The molecular formula is C15H22N4O. The molecule has 108 valence electrons. The number of hydrogen-bond donors (Lipinski definition) is 1. The van der Waals surface area contributed by atoms with Crippen LogP contribution < -0.4 is 0 Å². The van der Waals surface area contributed by atoms with Gasteiger partial charge in [-0.3, -0.25) is 9.36 Å². The SMILES string of the molecule is CCn1nccc1C(O)Cc1ccn(C2CCCC2)n1. The van der Waals surface area contributed by atoms with Gasteiger partial charge < -0.3 is 5.11 Å². The number of rotatable bonds is 5. The zero-order valence-electron chi connectivity index (χ0n) is 11.9. The molecule has 0 amide bonds. The predicted octanol–water partition coefficient (Wildman–Crippen LogP) is 2.49. The summed E-state index contributed by atoms with van der Waals surface area (Å²) >= 11 is 0. The maximum Gasteiger partial charge on any atom is 0.101 e. The van der Waals surface area contributed by atoms with Gasteiger partial charge in [0.15, 0.2) is 0 Å². The zero-order valence-corrected chi connectivity index (χ0v) is 11.9. The van der Waals surface area contributed by atoms with E-state index in [1.807, 2.05) is 23.7 Å². The third kappa shape index (κ3) is 2.63. The molecule has 1 aliphatic carbocycles. The molecule has 0 aromatic carbocycles. The second-order valence-corrected chi connectivity index (χ2v) is 5.52. The van der Waals surface area contributed by atoms with E-state index < -0.39 is 6.10 Å². The van der Waals surface area contributed by atoms with E-state index in [0.717, 1.165) is 17.9 Å². The normalized spacial score (nSPS) is 17.7. The van der Waals surface area contributed by atoms with Crippen molar-refractivity contribution in [2.45, 2.75) is 57.7 Å². The van der Waals surface area contributed by atoms with Crippen LogP contribution in [0.5, 0.6) is 0 Å². The molecule has 0 spiro atoms. The zero-order chi connectivity index (χ0) is 13.9. The summed E-state index contributed by atoms with van der Waals surface area (Å²) in [4.78, 5) is 0. The number of aromatic nitrogens is 4. The fourth-order valence-corrected chi connectivity index (χ4v) is 3.05. The number of aliphatic hydroxyl groups is 1. The third-order valence-corrected chi connectivity index (χ3v) is 4.16. The predicted molar refractivity (Wildman–Crippen MR) is 76.3 cm³/mol. The molecule has 1 N–H and O–H groups in total. The van der Waals surface area contributed by atoms with Gasteiger partial charge in [-0.25, -0.2) is 0 Å². The van der Waals surface area contributed by atoms with Gasteiger partial charge in [0.05, 0.1) is 17.4 Å². The van der Waals surface area contributed by atoms with E-state index in [0.29, 0.717) is 12.5 Å². The summed E-state index contributed by atoms with van der Waals surface area (Å²) in [6.07, 6.45) is 8.86. The van der Waals surface area contributed by atoms with Crippen molar-refractivity contribution in [2.24, 2.45) is 0 Å². The first-order valence-electron chi connectivity index (χ1n) is 7.51. The Morgan fingerprint density at radius 1 is 1.35 bits per heavy atom. The molecule has 1 saturated carbocycles. The van der Waals surface area contributed by atoms with Crippen LogP contribution in [0.4, 0.5) is 0 Å². The van der Waals surface area contributed by atoms with Crippen molar-refractivity contribution in [1.82, 2.24) is 19.6 Å². The van der Waals surface area contributed by atoms with E-state index in [9.17, 15) is 5.11 Å². The number of hydrogen-bond acceptors (Lipinski definition) is 3. The van der Waals surface area contributed by atoms with E-state index >= 15 is 0 Å². The lowest BCUT2D eigenvalue weighted by atomic mass is 10.1. The van der Waals surface area contributed by atoms with Crippen LogP contribution in [0.25, 0.3) is 0 Å². The molecule has 2 heterocycles. The Hall–Kier alpha value is -1.62. The second-order valence-electron chi connectivity index (χ2n) is 5.52. The van der Waals surface area contributed by atoms with Gasteiger partial charge in [-0.15, -0.1) is 0 Å². The summed E-state index contributed by atoms with van der Waals surface area (Å²) in [6, 6.07) is 4.46. The van der Waals surface area contributed by atoms with E-state index in [4.69, 9.17) is 0 Å². The Kier molecular flexibility index (Phi) is 3.87. The van der Waals surface area contributed by atoms with Gasteiger partial charge in [0.1, 0.15) is 6.10 Å². The molecule has 3 rings (SSSR count). The van der Waals surface area contributed by atoms with E-state index in [1.165, 1.54) is 25.7 Å². The van der Waals surface area contributed by atoms with Gasteiger partial charge in [0.2, 0.25) is 0 Å². The molecular weight excluding hydrogens is 252 g/mol. The van der Waals surface area contributed by atoms with Gasteiger partial charge >= 0.3 is 0 Å². The Balaban J connectivity index is 1.68. The molecule has 2 aromatic heterocycles. The minimum Gasteiger partial charge on any atom is -0.386 e. The van der Waals surface area contributed by atoms with Crippen molar-refractivity contribution in [3.8, 4) is 0 Å². The Bertz CT molecular complexity index is 554. The molecule has 5 heteroatoms. The summed E-state index contributed by atoms with van der Waals surface area (Å²) in [6.45, 7) is 2.80. The van der Waals surface area contributed by atoms with E-state index in [1.54, 1.807) is 6.20 Å². The first-order chi connectivity index (χ1) is 9.78. The minimum absolute atomic E-state index is 0.538. The van der Waals surface area contributed by atoms with Crippen LogP contribution in [0.3, 0.4) is 0 Å². The molecule has 1 atom stereocenters. The van der Waals surface area contributed by atoms with Crippen LogP contribution in [0.15, 0.2) is 24.5 Å². The van der Waals surface area contributed by atoms with Gasteiger partial charge in [-0.1, -0.05) is 12.8 Å². The molecule has 0 saturated heterocycles. The average Bonchev–Trinajstić information content (AvgIpc) is 3.19. The molecule has 0 radical (unpaired) electrons. The van der Waals surface area contributed by atoms with Crippen LogP contribution >= 0.6 is 0 Å². The minimum atomic E-state index is -0.538. The van der Waals surface area contributed by atoms with E-state index in [-0.39, 0.29) is 0 Å². The fourth-order valence-electron chi connectivity index (χ4n) is 3.05. The number of aryl methyl sites for hydroxylation is 1. The van der Waals surface area contributed by atoms with Crippen molar-refractivity contribution in [3.63, 3.8) is 0 Å². The fraction of sp³-hybridized carbons (Fsp3) is 0.600. The lowest BCUT2D eigenvalue weighted by molar-refractivity contribution is 0.165. The van der Waals surface area contributed by atoms with Crippen LogP contribution in [-0.4, -0.2) is 24.7 Å². The highest BCUT2D eigenvalue weighted by molar-refractivity contribution is 5.10. The highest BCUT2D eigenvalue weighted by atomic mass is 16.3. The average molecular weight is 274 g/mol. The molecule has 1 unspecified atom stereocenters. The van der Waals surface area contributed by atoms with Gasteiger partial charge in [-0.05, 0) is 31.9 Å². The van der Waals surface area contributed by atoms with Crippen molar-refractivity contribution < 1.29 is 5.11 Å². The van der Waals surface area contributed by atoms with E-state index in [2.05, 4.69) is 21.1 Å². The molecule has 1 aliphatic rings. The molecule has 1 fully saturated rings. The Labute approximate surface area is 119 Å². The van der Waals surface area contributed by atoms with Crippen molar-refractivity contribution in [1.29, 1.82) is 0 Å². The Morgan fingerprint density at radius 3 is 2.90 bits per heavy atom. The first-order valence-corrected chi connectivity index (χ1v) is 7.51. The maximum atomic E-state index is 10.3. The van der Waals surface area contributed by atoms with Crippen LogP contribution in [-0.2, 0) is 13.0 Å². The standard InChI is InChI=1S/C15H22N4O/c1-2-18-14(7-9-16-18)15(20)11-12-8-10-19(17-12)13-5-3-4-6-13/h7-10,13,15,20H,2-6,11H2,1H3. The third-order valence-electron chi connectivity index (χ3n) is 4.16. The second kappa shape index (κ2) is 5.79. The highest BCUT2D eigenvalue weighted by Gasteiger charge is 2.19. The topological polar surface area (TPSA) is 55.9 Å². The largest absolute Gasteiger partial charge is 0.386 e. The van der Waals surface area contributed by atoms with Crippen LogP contribution in [0.1, 0.15) is 56.1 Å². The summed E-state index contributed by atoms with van der Waals surface area (Å²) < 4.78 is 3.91. The summed E-state index contributed by atoms with van der Waals surface area (Å²) in [7, 11) is 0. The Morgan fingerprint density at radius 2 is 2.15 bits per heavy atom. The van der Waals surface area contributed by atoms with Gasteiger partial charge in [-0.2, -0.15) is 10.2 Å². The molecule has 0 bridgehead atoms. The smallest absolute Gasteiger partial charge is 0.101 e. The van der Waals surface area contributed by atoms with Crippen molar-refractivity contribution in [3.05, 3.63) is 35.9 Å². The number of aliphatic hydroxyl groups excluding tert-OH is 1. The first kappa shape index (κ1) is 13.4. The van der Waals surface area contributed by atoms with Crippen molar-refractivity contribution >= 4 is 0 Å². The van der Waals surface area contributed by atoms with Crippen LogP contribution in [0, 0.1) is 0 Å². The quantitative estimate of drug-likeness (QED) is 0.911. The van der Waals surface area contributed by atoms with Gasteiger partial charge in [0.25, 0.3) is 0 Å². The highest BCUT2D eigenvalue weighted by Crippen LogP contribution is 2.29. The van der Waals surface area contributed by atoms with Crippen molar-refractivity contribution in [2.75, 3.05) is 0 Å². The summed E-state index contributed by atoms with van der Waals surface area (Å²) in [5, 5.41) is 19.2. The molecule has 20 heavy (non-hydrogen) atoms. The lowest BCUT2D eigenvalue weighted by Crippen LogP contribution is -2.11. The lowest BCUT2D eigenvalue weighted by Gasteiger charge is -2.12. The number of nitrogens with zero attached hydrogens (tertiary/aromatic N) is 4. The monoisotopic (exact) mass is 274 g/mol.